The van der Waals surface area contributed by atoms with Gasteiger partial charge in [0, 0.05) is 24.7 Å². The van der Waals surface area contributed by atoms with Crippen LogP contribution in [0.2, 0.25) is 0 Å². The molecule has 0 amide bonds. The first-order valence-electron chi connectivity index (χ1n) is 8.48. The van der Waals surface area contributed by atoms with Crippen molar-refractivity contribution in [2.75, 3.05) is 6.54 Å². The summed E-state index contributed by atoms with van der Waals surface area (Å²) >= 11 is 0. The average molecular weight is 275 g/mol. The molecule has 1 heterocycles. The van der Waals surface area contributed by atoms with E-state index in [0.29, 0.717) is 12.1 Å². The average Bonchev–Trinajstić information content (AvgIpc) is 2.89. The first-order valence-corrected chi connectivity index (χ1v) is 8.48. The second-order valence-electron chi connectivity index (χ2n) is 6.90. The van der Waals surface area contributed by atoms with E-state index < -0.39 is 0 Å². The zero-order valence-corrected chi connectivity index (χ0v) is 13.2. The third kappa shape index (κ3) is 2.93. The molecule has 2 aliphatic rings. The summed E-state index contributed by atoms with van der Waals surface area (Å²) in [6.45, 7) is 7.75. The molecular weight excluding hydrogens is 246 g/mol. The van der Waals surface area contributed by atoms with Crippen molar-refractivity contribution in [1.29, 1.82) is 0 Å². The van der Waals surface area contributed by atoms with Crippen LogP contribution in [0, 0.1) is 17.8 Å². The van der Waals surface area contributed by atoms with E-state index in [1.807, 2.05) is 0 Å². The molecule has 1 aromatic heterocycles. The molecule has 3 heteroatoms. The Morgan fingerprint density at radius 2 is 2.05 bits per heavy atom. The van der Waals surface area contributed by atoms with Crippen LogP contribution in [-0.2, 0) is 6.42 Å². The Kier molecular flexibility index (Phi) is 4.16. The topological polar surface area (TPSA) is 29.9 Å². The predicted molar refractivity (Wildman–Crippen MR) is 82.7 cm³/mol. The van der Waals surface area contributed by atoms with Gasteiger partial charge >= 0.3 is 0 Å². The Morgan fingerprint density at radius 1 is 1.30 bits per heavy atom. The summed E-state index contributed by atoms with van der Waals surface area (Å²) in [6, 6.07) is 3.36. The first-order chi connectivity index (χ1) is 9.71. The molecule has 2 fully saturated rings. The Balaban J connectivity index is 1.62. The molecule has 0 spiro atoms. The smallest absolute Gasteiger partial charge is 0.0640 e. The third-order valence-corrected chi connectivity index (χ3v) is 5.45. The molecule has 4 unspecified atom stereocenters. The van der Waals surface area contributed by atoms with Gasteiger partial charge < -0.3 is 5.32 Å². The molecule has 0 aliphatic heterocycles. The molecular formula is C17H29N3. The highest BCUT2D eigenvalue weighted by Gasteiger charge is 2.47. The van der Waals surface area contributed by atoms with Crippen molar-refractivity contribution in [3.8, 4) is 0 Å². The highest BCUT2D eigenvalue weighted by molar-refractivity contribution is 5.06. The van der Waals surface area contributed by atoms with Crippen molar-refractivity contribution in [1.82, 2.24) is 15.1 Å². The first kappa shape index (κ1) is 14.1. The van der Waals surface area contributed by atoms with E-state index in [0.717, 1.165) is 37.1 Å². The van der Waals surface area contributed by atoms with E-state index >= 15 is 0 Å². The van der Waals surface area contributed by atoms with Gasteiger partial charge in [0.15, 0.2) is 0 Å². The standard InChI is InChI=1S/C17H29N3/c1-4-12(3)20-7-6-16(19-20)11-17(18-5-2)15-9-13-8-14(13)10-15/h6-7,12-15,17-18H,4-5,8-11H2,1-3H3. The number of aromatic nitrogens is 2. The van der Waals surface area contributed by atoms with Gasteiger partial charge in [-0.05, 0) is 63.0 Å². The summed E-state index contributed by atoms with van der Waals surface area (Å²) in [4.78, 5) is 0. The van der Waals surface area contributed by atoms with Gasteiger partial charge in [-0.3, -0.25) is 4.68 Å². The number of fused-ring (bicyclic) bond motifs is 1. The largest absolute Gasteiger partial charge is 0.314 e. The summed E-state index contributed by atoms with van der Waals surface area (Å²) in [5.41, 5.74) is 1.26. The fourth-order valence-electron chi connectivity index (χ4n) is 3.90. The number of hydrogen-bond acceptors (Lipinski definition) is 2. The number of likely N-dealkylation sites (N-methyl/N-ethyl adjacent to an activating group) is 1. The molecule has 20 heavy (non-hydrogen) atoms. The van der Waals surface area contributed by atoms with E-state index in [1.54, 1.807) is 0 Å². The molecule has 3 nitrogen and oxygen atoms in total. The van der Waals surface area contributed by atoms with Gasteiger partial charge in [-0.25, -0.2) is 0 Å². The van der Waals surface area contributed by atoms with Crippen LogP contribution in [0.3, 0.4) is 0 Å². The van der Waals surface area contributed by atoms with Crippen molar-refractivity contribution in [3.63, 3.8) is 0 Å². The van der Waals surface area contributed by atoms with E-state index in [4.69, 9.17) is 5.10 Å². The minimum Gasteiger partial charge on any atom is -0.314 e. The van der Waals surface area contributed by atoms with Crippen LogP contribution in [-0.4, -0.2) is 22.4 Å². The van der Waals surface area contributed by atoms with Crippen molar-refractivity contribution in [3.05, 3.63) is 18.0 Å². The van der Waals surface area contributed by atoms with Crippen LogP contribution < -0.4 is 5.32 Å². The lowest BCUT2D eigenvalue weighted by atomic mass is 9.91. The van der Waals surface area contributed by atoms with Crippen LogP contribution >= 0.6 is 0 Å². The lowest BCUT2D eigenvalue weighted by molar-refractivity contribution is 0.333. The Hall–Kier alpha value is -0.830. The molecule has 4 atom stereocenters. The summed E-state index contributed by atoms with van der Waals surface area (Å²) in [5.74, 6) is 3.02. The fraction of sp³-hybridized carbons (Fsp3) is 0.824. The zero-order chi connectivity index (χ0) is 14.1. The molecule has 0 bridgehead atoms. The lowest BCUT2D eigenvalue weighted by Gasteiger charge is -2.25. The van der Waals surface area contributed by atoms with Crippen molar-refractivity contribution in [2.24, 2.45) is 17.8 Å². The minimum atomic E-state index is 0.514. The molecule has 112 valence electrons. The third-order valence-electron chi connectivity index (χ3n) is 5.45. The summed E-state index contributed by atoms with van der Waals surface area (Å²) < 4.78 is 2.13. The molecule has 0 saturated heterocycles. The molecule has 0 aromatic carbocycles. The van der Waals surface area contributed by atoms with Crippen LogP contribution in [0.5, 0.6) is 0 Å². The maximum Gasteiger partial charge on any atom is 0.0640 e. The molecule has 2 saturated carbocycles. The number of nitrogens with zero attached hydrogens (tertiary/aromatic N) is 2. The van der Waals surface area contributed by atoms with Crippen molar-refractivity contribution in [2.45, 2.75) is 65.0 Å². The molecule has 0 radical (unpaired) electrons. The van der Waals surface area contributed by atoms with E-state index in [1.165, 1.54) is 25.0 Å². The number of nitrogens with one attached hydrogen (secondary N) is 1. The van der Waals surface area contributed by atoms with Crippen LogP contribution in [0.25, 0.3) is 0 Å². The van der Waals surface area contributed by atoms with Gasteiger partial charge in [0.2, 0.25) is 0 Å². The molecule has 1 aromatic rings. The summed E-state index contributed by atoms with van der Waals surface area (Å²) in [5, 5.41) is 8.50. The second-order valence-corrected chi connectivity index (χ2v) is 6.90. The zero-order valence-electron chi connectivity index (χ0n) is 13.2. The van der Waals surface area contributed by atoms with Gasteiger partial charge in [0.1, 0.15) is 0 Å². The highest BCUT2D eigenvalue weighted by atomic mass is 15.3. The maximum absolute atomic E-state index is 4.78. The van der Waals surface area contributed by atoms with Crippen LogP contribution in [0.15, 0.2) is 12.3 Å². The second kappa shape index (κ2) is 5.88. The lowest BCUT2D eigenvalue weighted by Crippen LogP contribution is -2.37. The van der Waals surface area contributed by atoms with Crippen LogP contribution in [0.1, 0.15) is 58.2 Å². The summed E-state index contributed by atoms with van der Waals surface area (Å²) in [7, 11) is 0. The quantitative estimate of drug-likeness (QED) is 0.826. The normalized spacial score (nSPS) is 31.1. The van der Waals surface area contributed by atoms with Gasteiger partial charge in [-0.1, -0.05) is 13.8 Å². The molecule has 1 N–H and O–H groups in total. The number of rotatable bonds is 7. The molecule has 3 rings (SSSR count). The summed E-state index contributed by atoms with van der Waals surface area (Å²) in [6.07, 6.45) is 8.81. The number of hydrogen-bond donors (Lipinski definition) is 1. The van der Waals surface area contributed by atoms with Gasteiger partial charge in [-0.2, -0.15) is 5.10 Å². The Labute approximate surface area is 123 Å². The molecule has 2 aliphatic carbocycles. The van der Waals surface area contributed by atoms with Crippen molar-refractivity contribution < 1.29 is 0 Å². The monoisotopic (exact) mass is 275 g/mol. The SMILES string of the molecule is CCNC(Cc1ccn(C(C)CC)n1)C1CC2CC2C1. The predicted octanol–water partition coefficient (Wildman–Crippen LogP) is 3.42. The maximum atomic E-state index is 4.78. The van der Waals surface area contributed by atoms with E-state index in [-0.39, 0.29) is 0 Å². The Bertz CT molecular complexity index is 429. The van der Waals surface area contributed by atoms with Gasteiger partial charge in [-0.15, -0.1) is 0 Å². The highest BCUT2D eigenvalue weighted by Crippen LogP contribution is 2.55. The van der Waals surface area contributed by atoms with Crippen LogP contribution in [0.4, 0.5) is 0 Å². The Morgan fingerprint density at radius 3 is 2.70 bits per heavy atom. The van der Waals surface area contributed by atoms with E-state index in [2.05, 4.69) is 43.0 Å². The minimum absolute atomic E-state index is 0.514. The van der Waals surface area contributed by atoms with Crippen molar-refractivity contribution >= 4 is 0 Å². The van der Waals surface area contributed by atoms with Gasteiger partial charge in [0.05, 0.1) is 5.69 Å². The fourth-order valence-corrected chi connectivity index (χ4v) is 3.90. The van der Waals surface area contributed by atoms with Gasteiger partial charge in [0.25, 0.3) is 0 Å². The van der Waals surface area contributed by atoms with E-state index in [9.17, 15) is 0 Å².